The molecule has 0 aromatic carbocycles. The Hall–Kier alpha value is -2.77. The minimum atomic E-state index is 0.774. The van der Waals surface area contributed by atoms with E-state index in [0.717, 1.165) is 22.7 Å². The van der Waals surface area contributed by atoms with Gasteiger partial charge in [0.2, 0.25) is 0 Å². The summed E-state index contributed by atoms with van der Waals surface area (Å²) in [6, 6.07) is 7.77. The maximum absolute atomic E-state index is 4.39. The van der Waals surface area contributed by atoms with Crippen molar-refractivity contribution in [3.05, 3.63) is 60.8 Å². The lowest BCUT2D eigenvalue weighted by molar-refractivity contribution is -0.454. The standard InChI is InChI=1S/C15H10N4/c1-2-13(11-16-7-1)14-5-3-12(10-19-14)4-6-15-17-8-9-18-15/h1-3,5,7-11H,(H,17,18)/p+1. The van der Waals surface area contributed by atoms with Crippen LogP contribution in [0.2, 0.25) is 0 Å². The van der Waals surface area contributed by atoms with E-state index >= 15 is 0 Å². The number of pyridine rings is 2. The molecule has 1 aliphatic rings. The van der Waals surface area contributed by atoms with Crippen LogP contribution in [0.4, 0.5) is 0 Å². The summed E-state index contributed by atoms with van der Waals surface area (Å²) >= 11 is 0. The van der Waals surface area contributed by atoms with Crippen molar-refractivity contribution < 1.29 is 5.32 Å². The van der Waals surface area contributed by atoms with E-state index in [0.29, 0.717) is 0 Å². The van der Waals surface area contributed by atoms with Crippen LogP contribution in [0.25, 0.3) is 11.3 Å². The normalized spacial score (nSPS) is 12.7. The van der Waals surface area contributed by atoms with Gasteiger partial charge in [0.25, 0.3) is 5.84 Å². The molecule has 0 aliphatic carbocycles. The smallest absolute Gasteiger partial charge is 0.264 e. The molecule has 0 radical (unpaired) electrons. The van der Waals surface area contributed by atoms with Crippen molar-refractivity contribution in [3.8, 4) is 23.1 Å². The molecule has 3 heterocycles. The first-order valence-electron chi connectivity index (χ1n) is 5.88. The fourth-order valence-electron chi connectivity index (χ4n) is 1.66. The molecule has 0 fully saturated rings. The quantitative estimate of drug-likeness (QED) is 0.762. The maximum atomic E-state index is 4.39. The molecular weight excluding hydrogens is 236 g/mol. The Morgan fingerprint density at radius 2 is 2.05 bits per heavy atom. The van der Waals surface area contributed by atoms with Crippen LogP contribution >= 0.6 is 0 Å². The van der Waals surface area contributed by atoms with Gasteiger partial charge in [0.05, 0.1) is 11.9 Å². The Balaban J connectivity index is 1.80. The van der Waals surface area contributed by atoms with Gasteiger partial charge in [0.15, 0.2) is 0 Å². The average molecular weight is 247 g/mol. The van der Waals surface area contributed by atoms with Gasteiger partial charge in [-0.15, -0.1) is 0 Å². The minimum absolute atomic E-state index is 0.774. The van der Waals surface area contributed by atoms with Crippen molar-refractivity contribution in [3.63, 3.8) is 0 Å². The summed E-state index contributed by atoms with van der Waals surface area (Å²) in [6.45, 7) is 0. The van der Waals surface area contributed by atoms with Crippen molar-refractivity contribution >= 4 is 5.84 Å². The highest BCUT2D eigenvalue weighted by molar-refractivity contribution is 5.92. The first kappa shape index (κ1) is 11.3. The number of amidine groups is 1. The zero-order chi connectivity index (χ0) is 12.9. The maximum Gasteiger partial charge on any atom is 0.282 e. The highest BCUT2D eigenvalue weighted by Crippen LogP contribution is 2.14. The van der Waals surface area contributed by atoms with Crippen LogP contribution in [-0.4, -0.2) is 15.8 Å². The van der Waals surface area contributed by atoms with E-state index in [9.17, 15) is 0 Å². The molecule has 0 spiro atoms. The van der Waals surface area contributed by atoms with E-state index in [4.69, 9.17) is 0 Å². The largest absolute Gasteiger partial charge is 0.282 e. The average Bonchev–Trinajstić information content (AvgIpc) is 3.00. The van der Waals surface area contributed by atoms with Crippen LogP contribution in [0.3, 0.4) is 0 Å². The van der Waals surface area contributed by atoms with Gasteiger partial charge < -0.3 is 0 Å². The van der Waals surface area contributed by atoms with Crippen molar-refractivity contribution in [2.45, 2.75) is 0 Å². The third-order valence-corrected chi connectivity index (χ3v) is 2.61. The van der Waals surface area contributed by atoms with Crippen molar-refractivity contribution in [1.82, 2.24) is 9.97 Å². The fourth-order valence-corrected chi connectivity index (χ4v) is 1.66. The van der Waals surface area contributed by atoms with Gasteiger partial charge in [0.1, 0.15) is 6.20 Å². The first-order chi connectivity index (χ1) is 9.42. The predicted molar refractivity (Wildman–Crippen MR) is 72.8 cm³/mol. The molecule has 90 valence electrons. The lowest BCUT2D eigenvalue weighted by Gasteiger charge is -1.98. The number of nitrogens with zero attached hydrogens (tertiary/aromatic N) is 3. The second kappa shape index (κ2) is 5.25. The fraction of sp³-hybridized carbons (Fsp3) is 0. The van der Waals surface area contributed by atoms with Crippen LogP contribution in [0, 0.1) is 11.8 Å². The molecule has 4 heteroatoms. The molecule has 0 unspecified atom stereocenters. The topological polar surface area (TPSA) is 54.8 Å². The SMILES string of the molecule is C(#Cc1ccc(-c2cccnc2)nc1)C1=NC=C[NH2+]1. The minimum Gasteiger partial charge on any atom is -0.264 e. The van der Waals surface area contributed by atoms with Crippen LogP contribution in [-0.2, 0) is 0 Å². The zero-order valence-electron chi connectivity index (χ0n) is 10.1. The molecule has 0 saturated heterocycles. The molecular formula is C15H11N4+. The van der Waals surface area contributed by atoms with E-state index < -0.39 is 0 Å². The third-order valence-electron chi connectivity index (χ3n) is 2.61. The second-order valence-electron chi connectivity index (χ2n) is 3.95. The molecule has 0 bridgehead atoms. The Bertz CT molecular complexity index is 688. The molecule has 2 N–H and O–H groups in total. The Morgan fingerprint density at radius 1 is 1.05 bits per heavy atom. The Labute approximate surface area is 111 Å². The van der Waals surface area contributed by atoms with Crippen molar-refractivity contribution in [2.75, 3.05) is 0 Å². The third kappa shape index (κ3) is 2.73. The summed E-state index contributed by atoms with van der Waals surface area (Å²) in [5.41, 5.74) is 2.76. The molecule has 3 rings (SSSR count). The summed E-state index contributed by atoms with van der Waals surface area (Å²) in [5.74, 6) is 6.80. The van der Waals surface area contributed by atoms with E-state index in [1.54, 1.807) is 24.8 Å². The van der Waals surface area contributed by atoms with Crippen molar-refractivity contribution in [2.24, 2.45) is 4.99 Å². The first-order valence-corrected chi connectivity index (χ1v) is 5.88. The van der Waals surface area contributed by atoms with Crippen molar-refractivity contribution in [1.29, 1.82) is 0 Å². The zero-order valence-corrected chi connectivity index (χ0v) is 10.1. The van der Waals surface area contributed by atoms with E-state index in [-0.39, 0.29) is 0 Å². The molecule has 4 nitrogen and oxygen atoms in total. The number of nitrogens with two attached hydrogens (primary N) is 1. The van der Waals surface area contributed by atoms with Crippen LogP contribution < -0.4 is 5.32 Å². The molecule has 2 aromatic rings. The highest BCUT2D eigenvalue weighted by atomic mass is 15.0. The molecule has 1 aliphatic heterocycles. The number of aromatic nitrogens is 2. The van der Waals surface area contributed by atoms with Gasteiger partial charge in [-0.1, -0.05) is 5.92 Å². The summed E-state index contributed by atoms with van der Waals surface area (Å²) < 4.78 is 0. The molecule has 0 atom stereocenters. The number of aliphatic imine (C=N–C) groups is 1. The monoisotopic (exact) mass is 247 g/mol. The van der Waals surface area contributed by atoms with E-state index in [2.05, 4.69) is 26.8 Å². The Kier molecular flexibility index (Phi) is 3.13. The molecule has 0 saturated carbocycles. The lowest BCUT2D eigenvalue weighted by atomic mass is 10.1. The molecule has 0 amide bonds. The summed E-state index contributed by atoms with van der Waals surface area (Å²) in [4.78, 5) is 12.6. The van der Waals surface area contributed by atoms with E-state index in [1.807, 2.05) is 35.8 Å². The molecule has 19 heavy (non-hydrogen) atoms. The summed E-state index contributed by atoms with van der Waals surface area (Å²) in [7, 11) is 0. The van der Waals surface area contributed by atoms with Gasteiger partial charge in [-0.25, -0.2) is 0 Å². The number of rotatable bonds is 1. The van der Waals surface area contributed by atoms with Gasteiger partial charge in [-0.05, 0) is 24.3 Å². The van der Waals surface area contributed by atoms with E-state index in [1.165, 1.54) is 0 Å². The molecule has 2 aromatic heterocycles. The van der Waals surface area contributed by atoms with Crippen LogP contribution in [0.15, 0.2) is 60.2 Å². The highest BCUT2D eigenvalue weighted by Gasteiger charge is 2.01. The van der Waals surface area contributed by atoms with Crippen LogP contribution in [0.5, 0.6) is 0 Å². The lowest BCUT2D eigenvalue weighted by Crippen LogP contribution is -2.80. The van der Waals surface area contributed by atoms with Gasteiger partial charge in [-0.3, -0.25) is 15.3 Å². The van der Waals surface area contributed by atoms with Gasteiger partial charge >= 0.3 is 0 Å². The number of hydrogen-bond donors (Lipinski definition) is 1. The summed E-state index contributed by atoms with van der Waals surface area (Å²) in [5, 5.41) is 1.88. The Morgan fingerprint density at radius 3 is 2.74 bits per heavy atom. The second-order valence-corrected chi connectivity index (χ2v) is 3.95. The van der Waals surface area contributed by atoms with Gasteiger partial charge in [0, 0.05) is 35.6 Å². The summed E-state index contributed by atoms with van der Waals surface area (Å²) in [6.07, 6.45) is 8.90. The number of quaternary nitrogens is 1. The van der Waals surface area contributed by atoms with Crippen LogP contribution in [0.1, 0.15) is 5.56 Å². The predicted octanol–water partition coefficient (Wildman–Crippen LogP) is 0.942. The van der Waals surface area contributed by atoms with Gasteiger partial charge in [-0.2, -0.15) is 4.99 Å². The number of hydrogen-bond acceptors (Lipinski definition) is 3.